The SMILES string of the molecule is CCNCc1oc2c(Br)cc(Br)cc2c1C1CC1. The zero-order chi connectivity index (χ0) is 12.7. The summed E-state index contributed by atoms with van der Waals surface area (Å²) in [5.74, 6) is 1.80. The Labute approximate surface area is 123 Å². The van der Waals surface area contributed by atoms with Gasteiger partial charge in [0.1, 0.15) is 11.3 Å². The molecule has 1 aliphatic carbocycles. The van der Waals surface area contributed by atoms with Gasteiger partial charge in [-0.05, 0) is 53.4 Å². The second-order valence-electron chi connectivity index (χ2n) is 4.76. The Balaban J connectivity index is 2.16. The maximum Gasteiger partial charge on any atom is 0.148 e. The van der Waals surface area contributed by atoms with Gasteiger partial charge in [-0.1, -0.05) is 22.9 Å². The van der Waals surface area contributed by atoms with Crippen molar-refractivity contribution in [1.82, 2.24) is 5.32 Å². The second kappa shape index (κ2) is 4.99. The lowest BCUT2D eigenvalue weighted by molar-refractivity contribution is 0.512. The van der Waals surface area contributed by atoms with Gasteiger partial charge in [0.05, 0.1) is 11.0 Å². The quantitative estimate of drug-likeness (QED) is 0.821. The highest BCUT2D eigenvalue weighted by molar-refractivity contribution is 9.11. The Hall–Kier alpha value is -0.320. The fourth-order valence-corrected chi connectivity index (χ4v) is 3.69. The summed E-state index contributed by atoms with van der Waals surface area (Å²) in [7, 11) is 0. The molecule has 1 aromatic heterocycles. The molecule has 3 rings (SSSR count). The molecule has 1 aromatic carbocycles. The Morgan fingerprint density at radius 3 is 2.78 bits per heavy atom. The van der Waals surface area contributed by atoms with Gasteiger partial charge in [0, 0.05) is 15.4 Å². The summed E-state index contributed by atoms with van der Waals surface area (Å²) in [6, 6.07) is 4.21. The second-order valence-corrected chi connectivity index (χ2v) is 6.53. The first-order chi connectivity index (χ1) is 8.70. The molecule has 1 saturated carbocycles. The van der Waals surface area contributed by atoms with Crippen LogP contribution in [-0.4, -0.2) is 6.54 Å². The van der Waals surface area contributed by atoms with Crippen molar-refractivity contribution in [1.29, 1.82) is 0 Å². The highest BCUT2D eigenvalue weighted by Gasteiger charge is 2.31. The highest BCUT2D eigenvalue weighted by Crippen LogP contribution is 2.47. The van der Waals surface area contributed by atoms with E-state index in [4.69, 9.17) is 4.42 Å². The molecule has 0 aliphatic heterocycles. The van der Waals surface area contributed by atoms with E-state index in [1.807, 2.05) is 6.07 Å². The number of hydrogen-bond acceptors (Lipinski definition) is 2. The van der Waals surface area contributed by atoms with Gasteiger partial charge in [-0.25, -0.2) is 0 Å². The standard InChI is InChI=1S/C14H15Br2NO/c1-2-17-7-12-13(8-3-4-8)10-5-9(15)6-11(16)14(10)18-12/h5-6,8,17H,2-4,7H2,1H3. The van der Waals surface area contributed by atoms with Crippen molar-refractivity contribution in [2.24, 2.45) is 0 Å². The predicted octanol–water partition coefficient (Wildman–Crippen LogP) is 4.94. The van der Waals surface area contributed by atoms with Crippen LogP contribution in [0.1, 0.15) is 37.0 Å². The van der Waals surface area contributed by atoms with Crippen molar-refractivity contribution >= 4 is 42.8 Å². The summed E-state index contributed by atoms with van der Waals surface area (Å²) in [6.45, 7) is 3.90. The molecule has 0 atom stereocenters. The molecule has 0 unspecified atom stereocenters. The van der Waals surface area contributed by atoms with Crippen LogP contribution in [0.5, 0.6) is 0 Å². The number of halogens is 2. The first kappa shape index (κ1) is 12.7. The molecular weight excluding hydrogens is 358 g/mol. The summed E-state index contributed by atoms with van der Waals surface area (Å²) in [6.07, 6.45) is 2.58. The molecule has 1 fully saturated rings. The highest BCUT2D eigenvalue weighted by atomic mass is 79.9. The van der Waals surface area contributed by atoms with Crippen LogP contribution in [0.25, 0.3) is 11.0 Å². The molecule has 0 radical (unpaired) electrons. The lowest BCUT2D eigenvalue weighted by atomic mass is 10.1. The summed E-state index contributed by atoms with van der Waals surface area (Å²) in [5.41, 5.74) is 2.39. The molecule has 2 aromatic rings. The van der Waals surface area contributed by atoms with Crippen LogP contribution >= 0.6 is 31.9 Å². The van der Waals surface area contributed by atoms with Gasteiger partial charge < -0.3 is 9.73 Å². The molecule has 1 heterocycles. The maximum absolute atomic E-state index is 6.06. The van der Waals surface area contributed by atoms with Gasteiger partial charge >= 0.3 is 0 Å². The van der Waals surface area contributed by atoms with Crippen LogP contribution in [-0.2, 0) is 6.54 Å². The van der Waals surface area contributed by atoms with Crippen molar-refractivity contribution < 1.29 is 4.42 Å². The fourth-order valence-electron chi connectivity index (χ4n) is 2.38. The molecular formula is C14H15Br2NO. The topological polar surface area (TPSA) is 25.2 Å². The van der Waals surface area contributed by atoms with E-state index in [0.717, 1.165) is 33.4 Å². The van der Waals surface area contributed by atoms with Crippen LogP contribution in [0.4, 0.5) is 0 Å². The molecule has 2 nitrogen and oxygen atoms in total. The van der Waals surface area contributed by atoms with E-state index in [9.17, 15) is 0 Å². The van der Waals surface area contributed by atoms with Crippen LogP contribution in [0, 0.1) is 0 Å². The first-order valence-electron chi connectivity index (χ1n) is 6.31. The van der Waals surface area contributed by atoms with Gasteiger partial charge in [0.25, 0.3) is 0 Å². The van der Waals surface area contributed by atoms with Crippen molar-refractivity contribution in [2.45, 2.75) is 32.2 Å². The van der Waals surface area contributed by atoms with E-state index in [1.165, 1.54) is 23.8 Å². The lowest BCUT2D eigenvalue weighted by Gasteiger charge is -2.01. The molecule has 4 heteroatoms. The molecule has 0 spiro atoms. The minimum atomic E-state index is 0.695. The third kappa shape index (κ3) is 2.26. The minimum Gasteiger partial charge on any atom is -0.458 e. The average molecular weight is 373 g/mol. The lowest BCUT2D eigenvalue weighted by Crippen LogP contribution is -2.12. The third-order valence-electron chi connectivity index (χ3n) is 3.35. The molecule has 0 amide bonds. The Morgan fingerprint density at radius 2 is 2.11 bits per heavy atom. The Kier molecular flexibility index (Phi) is 3.52. The first-order valence-corrected chi connectivity index (χ1v) is 7.90. The molecule has 1 N–H and O–H groups in total. The van der Waals surface area contributed by atoms with E-state index >= 15 is 0 Å². The fraction of sp³-hybridized carbons (Fsp3) is 0.429. The normalized spacial score (nSPS) is 15.5. The Morgan fingerprint density at radius 1 is 1.33 bits per heavy atom. The average Bonchev–Trinajstić information content (AvgIpc) is 3.09. The summed E-state index contributed by atoms with van der Waals surface area (Å²) < 4.78 is 8.18. The molecule has 0 saturated heterocycles. The zero-order valence-electron chi connectivity index (χ0n) is 10.2. The van der Waals surface area contributed by atoms with Gasteiger partial charge in [-0.15, -0.1) is 0 Å². The number of furan rings is 1. The number of fused-ring (bicyclic) bond motifs is 1. The summed E-state index contributed by atoms with van der Waals surface area (Å²) >= 11 is 7.15. The van der Waals surface area contributed by atoms with Gasteiger partial charge in [-0.2, -0.15) is 0 Å². The van der Waals surface area contributed by atoms with E-state index in [0.29, 0.717) is 5.92 Å². The number of benzene rings is 1. The van der Waals surface area contributed by atoms with Gasteiger partial charge in [-0.3, -0.25) is 0 Å². The monoisotopic (exact) mass is 371 g/mol. The summed E-state index contributed by atoms with van der Waals surface area (Å²) in [5, 5.41) is 4.62. The number of rotatable bonds is 4. The van der Waals surface area contributed by atoms with Crippen LogP contribution in [0.3, 0.4) is 0 Å². The van der Waals surface area contributed by atoms with Gasteiger partial charge in [0.15, 0.2) is 0 Å². The van der Waals surface area contributed by atoms with Crippen molar-refractivity contribution in [2.75, 3.05) is 6.54 Å². The Bertz CT molecular complexity index is 587. The molecule has 96 valence electrons. The van der Waals surface area contributed by atoms with E-state index in [1.54, 1.807) is 0 Å². The van der Waals surface area contributed by atoms with E-state index in [-0.39, 0.29) is 0 Å². The third-order valence-corrected chi connectivity index (χ3v) is 4.39. The van der Waals surface area contributed by atoms with Gasteiger partial charge in [0.2, 0.25) is 0 Å². The number of hydrogen-bond donors (Lipinski definition) is 1. The zero-order valence-corrected chi connectivity index (χ0v) is 13.4. The smallest absolute Gasteiger partial charge is 0.148 e. The van der Waals surface area contributed by atoms with Crippen LogP contribution in [0.2, 0.25) is 0 Å². The maximum atomic E-state index is 6.06. The number of nitrogens with one attached hydrogen (secondary N) is 1. The van der Waals surface area contributed by atoms with Crippen molar-refractivity contribution in [3.05, 3.63) is 32.4 Å². The van der Waals surface area contributed by atoms with Crippen molar-refractivity contribution in [3.8, 4) is 0 Å². The van der Waals surface area contributed by atoms with Crippen LogP contribution in [0.15, 0.2) is 25.5 Å². The van der Waals surface area contributed by atoms with E-state index in [2.05, 4.69) is 50.2 Å². The molecule has 18 heavy (non-hydrogen) atoms. The van der Waals surface area contributed by atoms with E-state index < -0.39 is 0 Å². The molecule has 0 bridgehead atoms. The molecule has 1 aliphatic rings. The minimum absolute atomic E-state index is 0.695. The van der Waals surface area contributed by atoms with Crippen molar-refractivity contribution in [3.63, 3.8) is 0 Å². The largest absolute Gasteiger partial charge is 0.458 e. The van der Waals surface area contributed by atoms with Crippen LogP contribution < -0.4 is 5.32 Å². The predicted molar refractivity (Wildman–Crippen MR) is 81.0 cm³/mol. The summed E-state index contributed by atoms with van der Waals surface area (Å²) in [4.78, 5) is 0.